The van der Waals surface area contributed by atoms with Gasteiger partial charge in [0.15, 0.2) is 5.65 Å². The van der Waals surface area contributed by atoms with E-state index in [1.807, 2.05) is 24.3 Å². The zero-order chi connectivity index (χ0) is 18.8. The summed E-state index contributed by atoms with van der Waals surface area (Å²) in [6.45, 7) is 0. The molecule has 0 aliphatic carbocycles. The second kappa shape index (κ2) is 6.87. The lowest BCUT2D eigenvalue weighted by Crippen LogP contribution is -2.13. The fourth-order valence-corrected chi connectivity index (χ4v) is 2.80. The normalized spacial score (nSPS) is 10.7. The number of aromatic amines is 1. The third kappa shape index (κ3) is 3.35. The SMILES string of the molecule is COc1ccc(-c2ccnc3nc(Nc4ccc(F)cc4)[nH]c(=O)c23)cc1. The van der Waals surface area contributed by atoms with Gasteiger partial charge >= 0.3 is 0 Å². The Kier molecular flexibility index (Phi) is 4.25. The van der Waals surface area contributed by atoms with Gasteiger partial charge in [0.25, 0.3) is 5.56 Å². The first-order valence-corrected chi connectivity index (χ1v) is 8.20. The van der Waals surface area contributed by atoms with E-state index < -0.39 is 0 Å². The second-order valence-corrected chi connectivity index (χ2v) is 5.83. The number of ether oxygens (including phenoxy) is 1. The average molecular weight is 362 g/mol. The molecule has 27 heavy (non-hydrogen) atoms. The highest BCUT2D eigenvalue weighted by atomic mass is 19.1. The van der Waals surface area contributed by atoms with Gasteiger partial charge in [-0.3, -0.25) is 9.78 Å². The van der Waals surface area contributed by atoms with E-state index in [-0.39, 0.29) is 17.3 Å². The van der Waals surface area contributed by atoms with E-state index in [2.05, 4.69) is 20.3 Å². The number of H-pyrrole nitrogens is 1. The first-order valence-electron chi connectivity index (χ1n) is 8.20. The van der Waals surface area contributed by atoms with Crippen LogP contribution in [-0.4, -0.2) is 22.1 Å². The van der Waals surface area contributed by atoms with Crippen molar-refractivity contribution in [1.82, 2.24) is 15.0 Å². The molecule has 0 unspecified atom stereocenters. The zero-order valence-electron chi connectivity index (χ0n) is 14.4. The molecule has 0 bridgehead atoms. The van der Waals surface area contributed by atoms with Crippen LogP contribution in [0, 0.1) is 5.82 Å². The van der Waals surface area contributed by atoms with Gasteiger partial charge in [0, 0.05) is 11.9 Å². The van der Waals surface area contributed by atoms with Gasteiger partial charge in [-0.1, -0.05) is 12.1 Å². The number of pyridine rings is 1. The lowest BCUT2D eigenvalue weighted by molar-refractivity contribution is 0.415. The summed E-state index contributed by atoms with van der Waals surface area (Å²) in [5, 5.41) is 3.34. The maximum atomic E-state index is 13.0. The Morgan fingerprint density at radius 1 is 1.04 bits per heavy atom. The topological polar surface area (TPSA) is 79.9 Å². The monoisotopic (exact) mass is 362 g/mol. The smallest absolute Gasteiger partial charge is 0.262 e. The van der Waals surface area contributed by atoms with Gasteiger partial charge in [-0.2, -0.15) is 4.98 Å². The van der Waals surface area contributed by atoms with E-state index >= 15 is 0 Å². The molecular weight excluding hydrogens is 347 g/mol. The van der Waals surface area contributed by atoms with Crippen molar-refractivity contribution in [1.29, 1.82) is 0 Å². The molecule has 0 spiro atoms. The summed E-state index contributed by atoms with van der Waals surface area (Å²) in [7, 11) is 1.60. The number of fused-ring (bicyclic) bond motifs is 1. The van der Waals surface area contributed by atoms with Crippen molar-refractivity contribution in [2.24, 2.45) is 0 Å². The Hall–Kier alpha value is -3.74. The van der Waals surface area contributed by atoms with Crippen LogP contribution in [0.4, 0.5) is 16.0 Å². The van der Waals surface area contributed by atoms with Crippen molar-refractivity contribution in [3.8, 4) is 16.9 Å². The molecule has 7 heteroatoms. The zero-order valence-corrected chi connectivity index (χ0v) is 14.4. The van der Waals surface area contributed by atoms with Gasteiger partial charge in [-0.15, -0.1) is 0 Å². The Balaban J connectivity index is 1.77. The number of rotatable bonds is 4. The molecule has 0 saturated heterocycles. The number of nitrogens with one attached hydrogen (secondary N) is 2. The highest BCUT2D eigenvalue weighted by Crippen LogP contribution is 2.26. The molecule has 0 saturated carbocycles. The number of hydrogen-bond acceptors (Lipinski definition) is 5. The summed E-state index contributed by atoms with van der Waals surface area (Å²) < 4.78 is 18.2. The molecule has 0 radical (unpaired) electrons. The van der Waals surface area contributed by atoms with Gasteiger partial charge in [0.1, 0.15) is 11.6 Å². The number of nitrogens with zero attached hydrogens (tertiary/aromatic N) is 2. The molecule has 0 amide bonds. The molecule has 0 aliphatic heterocycles. The molecule has 0 aliphatic rings. The molecule has 2 heterocycles. The van der Waals surface area contributed by atoms with Gasteiger partial charge in [-0.25, -0.2) is 9.37 Å². The molecular formula is C20H15FN4O2. The van der Waals surface area contributed by atoms with Crippen molar-refractivity contribution in [3.63, 3.8) is 0 Å². The van der Waals surface area contributed by atoms with Gasteiger partial charge in [0.05, 0.1) is 12.5 Å². The first-order chi connectivity index (χ1) is 13.1. The number of aromatic nitrogens is 3. The van der Waals surface area contributed by atoms with E-state index in [0.717, 1.165) is 16.9 Å². The second-order valence-electron chi connectivity index (χ2n) is 5.83. The molecule has 2 aromatic heterocycles. The predicted octanol–water partition coefficient (Wildman–Crippen LogP) is 3.88. The summed E-state index contributed by atoms with van der Waals surface area (Å²) in [6, 6.07) is 14.9. The minimum atomic E-state index is -0.341. The Labute approximate surface area is 153 Å². The van der Waals surface area contributed by atoms with Crippen LogP contribution in [0.15, 0.2) is 65.6 Å². The highest BCUT2D eigenvalue weighted by molar-refractivity contribution is 5.92. The van der Waals surface area contributed by atoms with E-state index in [1.165, 1.54) is 12.1 Å². The number of benzene rings is 2. The van der Waals surface area contributed by atoms with Crippen molar-refractivity contribution in [3.05, 3.63) is 77.0 Å². The van der Waals surface area contributed by atoms with Crippen LogP contribution in [0.1, 0.15) is 0 Å². The summed E-state index contributed by atoms with van der Waals surface area (Å²) in [5.41, 5.74) is 2.19. The minimum absolute atomic E-state index is 0.235. The molecule has 4 aromatic rings. The van der Waals surface area contributed by atoms with Crippen LogP contribution in [0.3, 0.4) is 0 Å². The predicted molar refractivity (Wildman–Crippen MR) is 102 cm³/mol. The van der Waals surface area contributed by atoms with Crippen molar-refractivity contribution < 1.29 is 9.13 Å². The van der Waals surface area contributed by atoms with Crippen molar-refractivity contribution in [2.45, 2.75) is 0 Å². The maximum absolute atomic E-state index is 13.0. The van der Waals surface area contributed by atoms with Crippen molar-refractivity contribution >= 4 is 22.7 Å². The largest absolute Gasteiger partial charge is 0.497 e. The van der Waals surface area contributed by atoms with E-state index in [1.54, 1.807) is 31.5 Å². The quantitative estimate of drug-likeness (QED) is 0.576. The van der Waals surface area contributed by atoms with E-state index in [4.69, 9.17) is 4.74 Å². The Bertz CT molecular complexity index is 1160. The number of anilines is 2. The Morgan fingerprint density at radius 2 is 1.78 bits per heavy atom. The molecule has 134 valence electrons. The summed E-state index contributed by atoms with van der Waals surface area (Å²) in [6.07, 6.45) is 1.61. The van der Waals surface area contributed by atoms with Gasteiger partial charge < -0.3 is 10.1 Å². The van der Waals surface area contributed by atoms with Crippen LogP contribution in [-0.2, 0) is 0 Å². The maximum Gasteiger partial charge on any atom is 0.262 e. The molecule has 2 aromatic carbocycles. The van der Waals surface area contributed by atoms with E-state index in [9.17, 15) is 9.18 Å². The van der Waals surface area contributed by atoms with Crippen LogP contribution in [0.2, 0.25) is 0 Å². The molecule has 2 N–H and O–H groups in total. The summed E-state index contributed by atoms with van der Waals surface area (Å²) >= 11 is 0. The number of hydrogen-bond donors (Lipinski definition) is 2. The third-order valence-corrected chi connectivity index (χ3v) is 4.12. The number of methoxy groups -OCH3 is 1. The lowest BCUT2D eigenvalue weighted by atomic mass is 10.0. The molecule has 0 atom stereocenters. The summed E-state index contributed by atoms with van der Waals surface area (Å²) in [4.78, 5) is 24.0. The number of halogens is 1. The van der Waals surface area contributed by atoms with Gasteiger partial charge in [-0.05, 0) is 53.6 Å². The molecule has 6 nitrogen and oxygen atoms in total. The van der Waals surface area contributed by atoms with Crippen LogP contribution >= 0.6 is 0 Å². The van der Waals surface area contributed by atoms with Crippen molar-refractivity contribution in [2.75, 3.05) is 12.4 Å². The average Bonchev–Trinajstić information content (AvgIpc) is 2.69. The fraction of sp³-hybridized carbons (Fsp3) is 0.0500. The first kappa shape index (κ1) is 16.7. The van der Waals surface area contributed by atoms with Crippen LogP contribution in [0.5, 0.6) is 5.75 Å². The van der Waals surface area contributed by atoms with Gasteiger partial charge in [0.2, 0.25) is 5.95 Å². The highest BCUT2D eigenvalue weighted by Gasteiger charge is 2.12. The fourth-order valence-electron chi connectivity index (χ4n) is 2.80. The third-order valence-electron chi connectivity index (χ3n) is 4.12. The molecule has 0 fully saturated rings. The standard InChI is InChI=1S/C20H15FN4O2/c1-27-15-8-2-12(3-9-15)16-10-11-22-18-17(16)19(26)25-20(24-18)23-14-6-4-13(21)5-7-14/h2-11H,1H3,(H2,22,23,24,25,26). The molecule has 4 rings (SSSR count). The summed E-state index contributed by atoms with van der Waals surface area (Å²) in [5.74, 6) is 0.625. The van der Waals surface area contributed by atoms with Crippen LogP contribution < -0.4 is 15.6 Å². The minimum Gasteiger partial charge on any atom is -0.497 e. The lowest BCUT2D eigenvalue weighted by Gasteiger charge is -2.09. The van der Waals surface area contributed by atoms with Crippen LogP contribution in [0.25, 0.3) is 22.2 Å². The Morgan fingerprint density at radius 3 is 2.48 bits per heavy atom. The van der Waals surface area contributed by atoms with E-state index in [0.29, 0.717) is 16.7 Å².